The maximum Gasteiger partial charge on any atom is 0.251 e. The van der Waals surface area contributed by atoms with Crippen LogP contribution in [0.3, 0.4) is 0 Å². The van der Waals surface area contributed by atoms with E-state index in [-0.39, 0.29) is 24.9 Å². The number of anilines is 2. The average molecular weight is 424 g/mol. The average Bonchev–Trinajstić information content (AvgIpc) is 3.33. The minimum Gasteiger partial charge on any atom is -0.448 e. The summed E-state index contributed by atoms with van der Waals surface area (Å²) in [5.74, 6) is 0.525. The van der Waals surface area contributed by atoms with Gasteiger partial charge in [0.1, 0.15) is 0 Å². The van der Waals surface area contributed by atoms with Crippen LogP contribution in [0.25, 0.3) is 0 Å². The first-order valence-electron chi connectivity index (χ1n) is 10.8. The SMILES string of the molecule is CCc1ccccc1NC(=O)CN(C)CC(=O)Nc1ccc2c(c1)OC1(CCCC1)O2. The Morgan fingerprint density at radius 1 is 0.968 bits per heavy atom. The second-order valence-corrected chi connectivity index (χ2v) is 8.26. The van der Waals surface area contributed by atoms with Crippen molar-refractivity contribution in [2.45, 2.75) is 44.8 Å². The van der Waals surface area contributed by atoms with Crippen LogP contribution in [0, 0.1) is 0 Å². The van der Waals surface area contributed by atoms with E-state index >= 15 is 0 Å². The van der Waals surface area contributed by atoms with Crippen molar-refractivity contribution in [2.24, 2.45) is 0 Å². The van der Waals surface area contributed by atoms with Gasteiger partial charge in [-0.1, -0.05) is 25.1 Å². The summed E-state index contributed by atoms with van der Waals surface area (Å²) in [4.78, 5) is 26.5. The van der Waals surface area contributed by atoms with Gasteiger partial charge in [-0.2, -0.15) is 0 Å². The van der Waals surface area contributed by atoms with Crippen LogP contribution in [-0.4, -0.2) is 42.6 Å². The first-order valence-corrected chi connectivity index (χ1v) is 10.8. The molecule has 2 aromatic carbocycles. The maximum atomic E-state index is 12.5. The molecule has 1 saturated carbocycles. The number of para-hydroxylation sites is 1. The van der Waals surface area contributed by atoms with Gasteiger partial charge in [0.2, 0.25) is 11.8 Å². The molecule has 4 rings (SSSR count). The van der Waals surface area contributed by atoms with E-state index in [1.54, 1.807) is 18.0 Å². The lowest BCUT2D eigenvalue weighted by Gasteiger charge is -2.21. The van der Waals surface area contributed by atoms with Crippen LogP contribution in [0.15, 0.2) is 42.5 Å². The van der Waals surface area contributed by atoms with Gasteiger partial charge in [-0.15, -0.1) is 0 Å². The third-order valence-electron chi connectivity index (χ3n) is 5.68. The monoisotopic (exact) mass is 423 g/mol. The molecule has 1 heterocycles. The quantitative estimate of drug-likeness (QED) is 0.708. The predicted molar refractivity (Wildman–Crippen MR) is 119 cm³/mol. The molecule has 2 N–H and O–H groups in total. The molecule has 2 amide bonds. The van der Waals surface area contributed by atoms with Gasteiger partial charge >= 0.3 is 0 Å². The second-order valence-electron chi connectivity index (χ2n) is 8.26. The first kappa shape index (κ1) is 21.2. The van der Waals surface area contributed by atoms with Crippen molar-refractivity contribution in [1.29, 1.82) is 0 Å². The van der Waals surface area contributed by atoms with E-state index in [1.807, 2.05) is 43.3 Å². The summed E-state index contributed by atoms with van der Waals surface area (Å²) in [5, 5.41) is 5.80. The summed E-state index contributed by atoms with van der Waals surface area (Å²) in [6, 6.07) is 13.2. The summed E-state index contributed by atoms with van der Waals surface area (Å²) in [6.45, 7) is 2.27. The number of carbonyl (C=O) groups excluding carboxylic acids is 2. The topological polar surface area (TPSA) is 79.9 Å². The number of nitrogens with zero attached hydrogens (tertiary/aromatic N) is 1. The number of hydrogen-bond donors (Lipinski definition) is 2. The Labute approximate surface area is 182 Å². The molecule has 0 atom stereocenters. The van der Waals surface area contributed by atoms with Gasteiger partial charge in [0, 0.05) is 30.3 Å². The Bertz CT molecular complexity index is 969. The highest BCUT2D eigenvalue weighted by Gasteiger charge is 2.44. The number of fused-ring (bicyclic) bond motifs is 1. The summed E-state index contributed by atoms with van der Waals surface area (Å²) in [6.07, 6.45) is 4.81. The molecule has 7 nitrogen and oxygen atoms in total. The normalized spacial score (nSPS) is 16.0. The minimum atomic E-state index is -0.519. The molecule has 164 valence electrons. The van der Waals surface area contributed by atoms with Crippen LogP contribution in [0.1, 0.15) is 38.2 Å². The fraction of sp³-hybridized carbons (Fsp3) is 0.417. The fourth-order valence-corrected chi connectivity index (χ4v) is 4.18. The van der Waals surface area contributed by atoms with Gasteiger partial charge in [-0.3, -0.25) is 14.5 Å². The van der Waals surface area contributed by atoms with Crippen LogP contribution < -0.4 is 20.1 Å². The van der Waals surface area contributed by atoms with Gasteiger partial charge in [-0.05, 0) is 50.1 Å². The predicted octanol–water partition coefficient (Wildman–Crippen LogP) is 3.80. The zero-order valence-electron chi connectivity index (χ0n) is 18.1. The van der Waals surface area contributed by atoms with E-state index in [0.717, 1.165) is 49.1 Å². The van der Waals surface area contributed by atoms with Crippen LogP contribution in [0.2, 0.25) is 0 Å². The number of nitrogens with one attached hydrogen (secondary N) is 2. The molecule has 1 spiro atoms. The fourth-order valence-electron chi connectivity index (χ4n) is 4.18. The van der Waals surface area contributed by atoms with Gasteiger partial charge < -0.3 is 20.1 Å². The number of ether oxygens (including phenoxy) is 2. The molecular formula is C24H29N3O4. The van der Waals surface area contributed by atoms with E-state index in [9.17, 15) is 9.59 Å². The van der Waals surface area contributed by atoms with Gasteiger partial charge in [0.05, 0.1) is 13.1 Å². The molecule has 1 fully saturated rings. The number of hydrogen-bond acceptors (Lipinski definition) is 5. The number of carbonyl (C=O) groups is 2. The van der Waals surface area contributed by atoms with Crippen molar-refractivity contribution in [1.82, 2.24) is 4.90 Å². The molecule has 0 saturated heterocycles. The van der Waals surface area contributed by atoms with Crippen molar-refractivity contribution in [2.75, 3.05) is 30.8 Å². The van der Waals surface area contributed by atoms with E-state index in [0.29, 0.717) is 11.4 Å². The molecule has 7 heteroatoms. The second kappa shape index (κ2) is 8.98. The number of benzene rings is 2. The zero-order valence-corrected chi connectivity index (χ0v) is 18.1. The van der Waals surface area contributed by atoms with Gasteiger partial charge in [0.15, 0.2) is 11.5 Å². The van der Waals surface area contributed by atoms with E-state index < -0.39 is 5.79 Å². The van der Waals surface area contributed by atoms with Crippen molar-refractivity contribution in [3.05, 3.63) is 48.0 Å². The molecule has 2 aliphatic rings. The zero-order chi connectivity index (χ0) is 21.8. The minimum absolute atomic E-state index is 0.0984. The van der Waals surface area contributed by atoms with Crippen molar-refractivity contribution in [3.8, 4) is 11.5 Å². The summed E-state index contributed by atoms with van der Waals surface area (Å²) in [7, 11) is 1.74. The molecule has 1 aliphatic carbocycles. The highest BCUT2D eigenvalue weighted by molar-refractivity contribution is 5.95. The van der Waals surface area contributed by atoms with Gasteiger partial charge in [0.25, 0.3) is 5.79 Å². The van der Waals surface area contributed by atoms with E-state index in [1.165, 1.54) is 0 Å². The maximum absolute atomic E-state index is 12.5. The van der Waals surface area contributed by atoms with Crippen LogP contribution in [0.5, 0.6) is 11.5 Å². The Kier molecular flexibility index (Phi) is 6.13. The highest BCUT2D eigenvalue weighted by Crippen LogP contribution is 2.47. The molecule has 0 radical (unpaired) electrons. The molecule has 2 aromatic rings. The first-order chi connectivity index (χ1) is 15.0. The lowest BCUT2D eigenvalue weighted by Crippen LogP contribution is -2.36. The Hall–Kier alpha value is -3.06. The lowest BCUT2D eigenvalue weighted by atomic mass is 10.1. The van der Waals surface area contributed by atoms with E-state index in [2.05, 4.69) is 10.6 Å². The highest BCUT2D eigenvalue weighted by atomic mass is 16.7. The van der Waals surface area contributed by atoms with Crippen molar-refractivity contribution < 1.29 is 19.1 Å². The lowest BCUT2D eigenvalue weighted by molar-refractivity contribution is -0.119. The number of amides is 2. The molecule has 31 heavy (non-hydrogen) atoms. The number of likely N-dealkylation sites (N-methyl/N-ethyl adjacent to an activating group) is 1. The molecule has 0 aromatic heterocycles. The van der Waals surface area contributed by atoms with Crippen LogP contribution in [-0.2, 0) is 16.0 Å². The van der Waals surface area contributed by atoms with E-state index in [4.69, 9.17) is 9.47 Å². The third-order valence-corrected chi connectivity index (χ3v) is 5.68. The van der Waals surface area contributed by atoms with Crippen LogP contribution >= 0.6 is 0 Å². The van der Waals surface area contributed by atoms with Gasteiger partial charge in [-0.25, -0.2) is 0 Å². The molecular weight excluding hydrogens is 394 g/mol. The van der Waals surface area contributed by atoms with Crippen molar-refractivity contribution >= 4 is 23.2 Å². The van der Waals surface area contributed by atoms with Crippen LogP contribution in [0.4, 0.5) is 11.4 Å². The van der Waals surface area contributed by atoms with Crippen molar-refractivity contribution in [3.63, 3.8) is 0 Å². The standard InChI is InChI=1S/C24H29N3O4/c1-3-17-8-4-5-9-19(17)26-23(29)16-27(2)15-22(28)25-18-10-11-20-21(14-18)31-24(30-20)12-6-7-13-24/h4-5,8-11,14H,3,6-7,12-13,15-16H2,1-2H3,(H,25,28)(H,26,29). The number of rotatable bonds is 7. The largest absolute Gasteiger partial charge is 0.448 e. The Morgan fingerprint density at radius 2 is 1.65 bits per heavy atom. The smallest absolute Gasteiger partial charge is 0.251 e. The summed E-state index contributed by atoms with van der Waals surface area (Å²) >= 11 is 0. The Balaban J connectivity index is 1.28. The summed E-state index contributed by atoms with van der Waals surface area (Å²) < 4.78 is 12.1. The summed E-state index contributed by atoms with van der Waals surface area (Å²) in [5.41, 5.74) is 2.55. The molecule has 1 aliphatic heterocycles. The molecule has 0 unspecified atom stereocenters. The molecule has 0 bridgehead atoms. The third kappa shape index (κ3) is 4.99. The Morgan fingerprint density at radius 3 is 2.39 bits per heavy atom. The number of aryl methyl sites for hydroxylation is 1.